The van der Waals surface area contributed by atoms with Gasteiger partial charge in [0.05, 0.1) is 36.6 Å². The molecule has 0 saturated carbocycles. The average molecular weight is 586 g/mol. The van der Waals surface area contributed by atoms with Crippen LogP contribution in [0.5, 0.6) is 11.6 Å². The van der Waals surface area contributed by atoms with Crippen LogP contribution in [0.15, 0.2) is 70.2 Å². The number of rotatable bonds is 9. The molecule has 1 aliphatic heterocycles. The molecule has 3 heterocycles. The van der Waals surface area contributed by atoms with Gasteiger partial charge < -0.3 is 19.2 Å². The Bertz CT molecular complexity index is 1680. The number of carbonyl (C=O) groups excluding carboxylic acids is 1. The number of benzene rings is 2. The number of hydrogen-bond donors (Lipinski definition) is 1. The molecule has 2 aromatic carbocycles. The number of amides is 1. The number of nitro benzene ring substituents is 1. The van der Waals surface area contributed by atoms with Crippen LogP contribution in [0.4, 0.5) is 10.1 Å². The van der Waals surface area contributed by atoms with Crippen LogP contribution in [-0.2, 0) is 21.3 Å². The second kappa shape index (κ2) is 11.5. The van der Waals surface area contributed by atoms with E-state index in [1.165, 1.54) is 41.3 Å². The van der Waals surface area contributed by atoms with Crippen LogP contribution in [0.1, 0.15) is 21.8 Å². The molecule has 1 fully saturated rings. The molecule has 214 valence electrons. The summed E-state index contributed by atoms with van der Waals surface area (Å²) < 4.78 is 59.8. The summed E-state index contributed by atoms with van der Waals surface area (Å²) in [6, 6.07) is 11.7. The molecule has 5 rings (SSSR count). The normalized spacial score (nSPS) is 14.1. The van der Waals surface area contributed by atoms with E-state index in [1.807, 2.05) is 0 Å². The van der Waals surface area contributed by atoms with Crippen molar-refractivity contribution in [3.05, 3.63) is 93.8 Å². The van der Waals surface area contributed by atoms with Gasteiger partial charge in [0.1, 0.15) is 22.2 Å². The second-order valence-corrected chi connectivity index (χ2v) is 10.8. The highest BCUT2D eigenvalue weighted by Gasteiger charge is 2.32. The van der Waals surface area contributed by atoms with Gasteiger partial charge in [-0.25, -0.2) is 12.8 Å². The maximum atomic E-state index is 13.7. The van der Waals surface area contributed by atoms with Gasteiger partial charge in [-0.05, 0) is 49.4 Å². The fourth-order valence-electron chi connectivity index (χ4n) is 4.16. The van der Waals surface area contributed by atoms with Crippen LogP contribution in [0.25, 0.3) is 5.69 Å². The highest BCUT2D eigenvalue weighted by Crippen LogP contribution is 2.37. The number of aromatic nitrogens is 2. The lowest BCUT2D eigenvalue weighted by molar-refractivity contribution is -0.385. The summed E-state index contributed by atoms with van der Waals surface area (Å²) >= 11 is 0. The summed E-state index contributed by atoms with van der Waals surface area (Å²) in [7, 11) is -4.25. The van der Waals surface area contributed by atoms with Gasteiger partial charge in [0.15, 0.2) is 5.69 Å². The topological polar surface area (TPSA) is 159 Å². The third-order valence-corrected chi connectivity index (χ3v) is 8.21. The number of nitrogens with one attached hydrogen (secondary N) is 1. The Hall–Kier alpha value is -4.60. The minimum atomic E-state index is -4.25. The molecule has 0 spiro atoms. The SMILES string of the molecule is Cc1c(C(=O)NCc2ccco2)nn(-c2ccc(F)cc2)c1Oc1ccc([N+](=O)[O-])cc1S(=O)(=O)N1CCOCC1. The highest BCUT2D eigenvalue weighted by atomic mass is 32.2. The number of ether oxygens (including phenoxy) is 2. The van der Waals surface area contributed by atoms with Crippen LogP contribution in [0, 0.1) is 22.9 Å². The van der Waals surface area contributed by atoms with Crippen LogP contribution >= 0.6 is 0 Å². The maximum absolute atomic E-state index is 13.7. The number of furan rings is 1. The first-order chi connectivity index (χ1) is 19.6. The number of carbonyl (C=O) groups is 1. The predicted molar refractivity (Wildman–Crippen MR) is 141 cm³/mol. The number of nitro groups is 1. The van der Waals surface area contributed by atoms with Crippen LogP contribution in [0.3, 0.4) is 0 Å². The van der Waals surface area contributed by atoms with Crippen LogP contribution in [0.2, 0.25) is 0 Å². The average Bonchev–Trinajstić information content (AvgIpc) is 3.61. The lowest BCUT2D eigenvalue weighted by Crippen LogP contribution is -2.40. The van der Waals surface area contributed by atoms with E-state index in [9.17, 15) is 27.7 Å². The fourth-order valence-corrected chi connectivity index (χ4v) is 5.71. The monoisotopic (exact) mass is 585 g/mol. The zero-order chi connectivity index (χ0) is 29.1. The first-order valence-electron chi connectivity index (χ1n) is 12.4. The van der Waals surface area contributed by atoms with Gasteiger partial charge in [-0.3, -0.25) is 14.9 Å². The smallest absolute Gasteiger partial charge is 0.272 e. The second-order valence-electron chi connectivity index (χ2n) is 8.94. The molecule has 41 heavy (non-hydrogen) atoms. The van der Waals surface area contributed by atoms with Gasteiger partial charge in [0.25, 0.3) is 11.6 Å². The highest BCUT2D eigenvalue weighted by molar-refractivity contribution is 7.89. The Morgan fingerprint density at radius 2 is 1.90 bits per heavy atom. The van der Waals surface area contributed by atoms with Crippen molar-refractivity contribution in [1.82, 2.24) is 19.4 Å². The molecular weight excluding hydrogens is 561 g/mol. The number of sulfonamides is 1. The van der Waals surface area contributed by atoms with Crippen molar-refractivity contribution in [2.45, 2.75) is 18.4 Å². The van der Waals surface area contributed by atoms with Gasteiger partial charge in [0, 0.05) is 30.8 Å². The minimum absolute atomic E-state index is 0.0459. The summed E-state index contributed by atoms with van der Waals surface area (Å²) in [6.45, 7) is 2.06. The lowest BCUT2D eigenvalue weighted by atomic mass is 10.2. The van der Waals surface area contributed by atoms with Crippen molar-refractivity contribution < 1.29 is 36.4 Å². The van der Waals surface area contributed by atoms with Crippen molar-refractivity contribution in [1.29, 1.82) is 0 Å². The largest absolute Gasteiger partial charge is 0.467 e. The molecule has 0 bridgehead atoms. The van der Waals surface area contributed by atoms with Crippen molar-refractivity contribution in [3.8, 4) is 17.3 Å². The minimum Gasteiger partial charge on any atom is -0.467 e. The summed E-state index contributed by atoms with van der Waals surface area (Å²) in [5, 5.41) is 18.6. The van der Waals surface area contributed by atoms with Gasteiger partial charge in [-0.15, -0.1) is 0 Å². The predicted octanol–water partition coefficient (Wildman–Crippen LogP) is 3.56. The summed E-state index contributed by atoms with van der Waals surface area (Å²) in [6.07, 6.45) is 1.47. The molecule has 0 unspecified atom stereocenters. The fraction of sp³-hybridized carbons (Fsp3) is 0.231. The Morgan fingerprint density at radius 3 is 2.56 bits per heavy atom. The van der Waals surface area contributed by atoms with Gasteiger partial charge in [0.2, 0.25) is 15.9 Å². The Kier molecular flexibility index (Phi) is 7.83. The molecule has 1 N–H and O–H groups in total. The van der Waals surface area contributed by atoms with Crippen molar-refractivity contribution >= 4 is 21.6 Å². The van der Waals surface area contributed by atoms with E-state index in [0.29, 0.717) is 11.4 Å². The first-order valence-corrected chi connectivity index (χ1v) is 13.8. The third-order valence-electron chi connectivity index (χ3n) is 6.29. The third kappa shape index (κ3) is 5.82. The number of morpholine rings is 1. The molecular formula is C26H24FN5O8S. The van der Waals surface area contributed by atoms with E-state index in [0.717, 1.165) is 16.4 Å². The number of halogens is 1. The molecule has 13 nitrogen and oxygen atoms in total. The van der Waals surface area contributed by atoms with Gasteiger partial charge in [-0.2, -0.15) is 14.1 Å². The van der Waals surface area contributed by atoms with E-state index in [4.69, 9.17) is 13.9 Å². The molecule has 15 heteroatoms. The Balaban J connectivity index is 1.58. The van der Waals surface area contributed by atoms with E-state index in [1.54, 1.807) is 19.1 Å². The number of hydrogen-bond acceptors (Lipinski definition) is 9. The lowest BCUT2D eigenvalue weighted by Gasteiger charge is -2.26. The molecule has 0 atom stereocenters. The maximum Gasteiger partial charge on any atom is 0.272 e. The van der Waals surface area contributed by atoms with Crippen molar-refractivity contribution in [3.63, 3.8) is 0 Å². The van der Waals surface area contributed by atoms with Crippen LogP contribution in [-0.4, -0.2) is 59.6 Å². The summed E-state index contributed by atoms with van der Waals surface area (Å²) in [5.41, 5.74) is 0.0507. The number of nitrogens with zero attached hydrogens (tertiary/aromatic N) is 4. The standard InChI is InChI=1S/C26H24FN5O8S/c1-17-24(25(33)28-16-21-3-2-12-39-21)29-31(19-6-4-18(27)5-7-19)26(17)40-22-9-8-20(32(34)35)15-23(22)41(36,37)30-10-13-38-14-11-30/h2-9,12,15H,10-11,13-14,16H2,1H3,(H,28,33). The van der Waals surface area contributed by atoms with E-state index >= 15 is 0 Å². The molecule has 2 aromatic heterocycles. The first kappa shape index (κ1) is 27.9. The molecule has 1 aliphatic rings. The van der Waals surface area contributed by atoms with E-state index in [-0.39, 0.29) is 55.7 Å². The van der Waals surface area contributed by atoms with E-state index in [2.05, 4.69) is 10.4 Å². The quantitative estimate of drug-likeness (QED) is 0.229. The molecule has 0 radical (unpaired) electrons. The Morgan fingerprint density at radius 1 is 1.17 bits per heavy atom. The Labute approximate surface area is 233 Å². The van der Waals surface area contributed by atoms with E-state index < -0.39 is 37.3 Å². The molecule has 1 amide bonds. The number of non-ortho nitro benzene ring substituents is 1. The molecule has 1 saturated heterocycles. The van der Waals surface area contributed by atoms with Gasteiger partial charge in [-0.1, -0.05) is 0 Å². The van der Waals surface area contributed by atoms with Gasteiger partial charge >= 0.3 is 0 Å². The molecule has 0 aliphatic carbocycles. The summed E-state index contributed by atoms with van der Waals surface area (Å²) in [5.74, 6) is -0.849. The summed E-state index contributed by atoms with van der Waals surface area (Å²) in [4.78, 5) is 23.4. The molecule has 4 aromatic rings. The zero-order valence-electron chi connectivity index (χ0n) is 21.7. The van der Waals surface area contributed by atoms with Crippen LogP contribution < -0.4 is 10.1 Å². The zero-order valence-corrected chi connectivity index (χ0v) is 22.5. The van der Waals surface area contributed by atoms with Crippen molar-refractivity contribution in [2.75, 3.05) is 26.3 Å². The van der Waals surface area contributed by atoms with Crippen molar-refractivity contribution in [2.24, 2.45) is 0 Å².